The normalized spacial score (nSPS) is 12.7. The molecule has 2 rings (SSSR count). The maximum Gasteiger partial charge on any atom is 0.153 e. The molecule has 6 heteroatoms. The minimum atomic E-state index is -0.220. The topological polar surface area (TPSA) is 42.7 Å². The molecule has 1 unspecified atom stereocenters. The molecule has 0 aliphatic rings. The monoisotopic (exact) mass is 340 g/mol. The van der Waals surface area contributed by atoms with Gasteiger partial charge in [0.05, 0.1) is 11.7 Å². The third-order valence-corrected chi connectivity index (χ3v) is 3.81. The highest BCUT2D eigenvalue weighted by atomic mass is 79.9. The first-order chi connectivity index (χ1) is 9.54. The number of aromatic nitrogens is 3. The summed E-state index contributed by atoms with van der Waals surface area (Å²) < 4.78 is 15.7. The zero-order valence-electron chi connectivity index (χ0n) is 11.8. The lowest BCUT2D eigenvalue weighted by Gasteiger charge is -2.21. The first kappa shape index (κ1) is 15.1. The zero-order valence-corrected chi connectivity index (χ0v) is 13.4. The molecule has 4 nitrogen and oxygen atoms in total. The highest BCUT2D eigenvalue weighted by Gasteiger charge is 2.22. The minimum Gasteiger partial charge on any atom is -0.305 e. The Hall–Kier alpha value is -1.27. The molecule has 20 heavy (non-hydrogen) atoms. The van der Waals surface area contributed by atoms with Gasteiger partial charge >= 0.3 is 0 Å². The number of hydrogen-bond acceptors (Lipinski definition) is 3. The molecular formula is C14H18BrFN4. The van der Waals surface area contributed by atoms with E-state index in [1.807, 2.05) is 20.0 Å². The van der Waals surface area contributed by atoms with Crippen LogP contribution in [0, 0.1) is 12.7 Å². The van der Waals surface area contributed by atoms with Gasteiger partial charge in [0.2, 0.25) is 0 Å². The van der Waals surface area contributed by atoms with Gasteiger partial charge in [-0.05, 0) is 59.1 Å². The number of rotatable bonds is 5. The molecule has 1 aromatic heterocycles. The van der Waals surface area contributed by atoms with Crippen LogP contribution in [0.2, 0.25) is 0 Å². The largest absolute Gasteiger partial charge is 0.305 e. The number of aryl methyl sites for hydroxylation is 2. The van der Waals surface area contributed by atoms with Crippen molar-refractivity contribution in [3.8, 4) is 0 Å². The lowest BCUT2D eigenvalue weighted by molar-refractivity contribution is 0.545. The van der Waals surface area contributed by atoms with Gasteiger partial charge in [-0.3, -0.25) is 0 Å². The van der Waals surface area contributed by atoms with E-state index in [1.54, 1.807) is 10.7 Å². The van der Waals surface area contributed by atoms with Crippen molar-refractivity contribution >= 4 is 15.9 Å². The SMILES string of the molecule is CCCNC(c1ccc(F)cc1C)c1c(Br)nnn1C. The van der Waals surface area contributed by atoms with Gasteiger partial charge in [0.15, 0.2) is 4.60 Å². The predicted molar refractivity (Wildman–Crippen MR) is 80.0 cm³/mol. The van der Waals surface area contributed by atoms with E-state index in [0.717, 1.165) is 29.8 Å². The number of hydrogen-bond donors (Lipinski definition) is 1. The molecule has 0 saturated heterocycles. The van der Waals surface area contributed by atoms with Gasteiger partial charge in [-0.25, -0.2) is 9.07 Å². The predicted octanol–water partition coefficient (Wildman–Crippen LogP) is 3.11. The summed E-state index contributed by atoms with van der Waals surface area (Å²) in [6.45, 7) is 4.88. The Kier molecular flexibility index (Phi) is 4.88. The Morgan fingerprint density at radius 2 is 2.20 bits per heavy atom. The van der Waals surface area contributed by atoms with Crippen LogP contribution in [-0.2, 0) is 7.05 Å². The van der Waals surface area contributed by atoms with Gasteiger partial charge in [-0.1, -0.05) is 18.2 Å². The van der Waals surface area contributed by atoms with Gasteiger partial charge in [0, 0.05) is 7.05 Å². The van der Waals surface area contributed by atoms with Crippen LogP contribution in [0.4, 0.5) is 4.39 Å². The quantitative estimate of drug-likeness (QED) is 0.909. The zero-order chi connectivity index (χ0) is 14.7. The molecule has 0 saturated carbocycles. The molecule has 0 bridgehead atoms. The number of nitrogens with zero attached hydrogens (tertiary/aromatic N) is 3. The lowest BCUT2D eigenvalue weighted by Crippen LogP contribution is -2.26. The van der Waals surface area contributed by atoms with Gasteiger partial charge in [0.25, 0.3) is 0 Å². The summed E-state index contributed by atoms with van der Waals surface area (Å²) in [5.41, 5.74) is 2.88. The van der Waals surface area contributed by atoms with Crippen LogP contribution in [0.5, 0.6) is 0 Å². The fourth-order valence-electron chi connectivity index (χ4n) is 2.25. The third-order valence-electron chi connectivity index (χ3n) is 3.24. The van der Waals surface area contributed by atoms with Crippen LogP contribution in [0.15, 0.2) is 22.8 Å². The summed E-state index contributed by atoms with van der Waals surface area (Å²) in [5.74, 6) is -0.220. The van der Waals surface area contributed by atoms with Crippen molar-refractivity contribution in [1.82, 2.24) is 20.3 Å². The van der Waals surface area contributed by atoms with Gasteiger partial charge in [-0.2, -0.15) is 0 Å². The smallest absolute Gasteiger partial charge is 0.153 e. The standard InChI is InChI=1S/C14H18BrFN4/c1-4-7-17-12(13-14(15)18-19-20(13)3)11-6-5-10(16)8-9(11)2/h5-6,8,12,17H,4,7H2,1-3H3. The Labute approximate surface area is 126 Å². The van der Waals surface area contributed by atoms with E-state index in [2.05, 4.69) is 38.5 Å². The van der Waals surface area contributed by atoms with Crippen LogP contribution in [0.25, 0.3) is 0 Å². The van der Waals surface area contributed by atoms with Crippen molar-refractivity contribution in [2.45, 2.75) is 26.3 Å². The van der Waals surface area contributed by atoms with E-state index in [0.29, 0.717) is 4.60 Å². The highest BCUT2D eigenvalue weighted by Crippen LogP contribution is 2.29. The molecule has 108 valence electrons. The Morgan fingerprint density at radius 3 is 2.75 bits per heavy atom. The summed E-state index contributed by atoms with van der Waals surface area (Å²) in [7, 11) is 1.85. The molecule has 0 amide bonds. The van der Waals surface area contributed by atoms with Crippen molar-refractivity contribution in [2.75, 3.05) is 6.54 Å². The molecule has 1 aromatic carbocycles. The molecule has 0 fully saturated rings. The first-order valence-corrected chi connectivity index (χ1v) is 7.38. The van der Waals surface area contributed by atoms with Crippen molar-refractivity contribution in [3.63, 3.8) is 0 Å². The van der Waals surface area contributed by atoms with E-state index in [1.165, 1.54) is 6.07 Å². The molecule has 1 heterocycles. The summed E-state index contributed by atoms with van der Waals surface area (Å²) in [6.07, 6.45) is 1.01. The molecule has 0 aliphatic carbocycles. The van der Waals surface area contributed by atoms with Crippen LogP contribution in [0.3, 0.4) is 0 Å². The number of benzene rings is 1. The van der Waals surface area contributed by atoms with E-state index in [9.17, 15) is 4.39 Å². The Balaban J connectivity index is 2.47. The fraction of sp³-hybridized carbons (Fsp3) is 0.429. The van der Waals surface area contributed by atoms with E-state index in [4.69, 9.17) is 0 Å². The maximum atomic E-state index is 13.3. The van der Waals surface area contributed by atoms with Crippen LogP contribution in [-0.4, -0.2) is 21.5 Å². The van der Waals surface area contributed by atoms with E-state index < -0.39 is 0 Å². The number of nitrogens with one attached hydrogen (secondary N) is 1. The second kappa shape index (κ2) is 6.45. The molecule has 2 aromatic rings. The number of halogens is 2. The van der Waals surface area contributed by atoms with Crippen LogP contribution >= 0.6 is 15.9 Å². The second-order valence-corrected chi connectivity index (χ2v) is 5.53. The van der Waals surface area contributed by atoms with Crippen molar-refractivity contribution in [3.05, 3.63) is 45.4 Å². The molecular weight excluding hydrogens is 323 g/mol. The average Bonchev–Trinajstić information content (AvgIpc) is 2.72. The van der Waals surface area contributed by atoms with E-state index >= 15 is 0 Å². The van der Waals surface area contributed by atoms with Gasteiger partial charge in [0.1, 0.15) is 5.82 Å². The summed E-state index contributed by atoms with van der Waals surface area (Å²) in [4.78, 5) is 0. The van der Waals surface area contributed by atoms with Crippen LogP contribution < -0.4 is 5.32 Å². The third kappa shape index (κ3) is 3.07. The van der Waals surface area contributed by atoms with Crippen molar-refractivity contribution in [2.24, 2.45) is 7.05 Å². The Morgan fingerprint density at radius 1 is 1.45 bits per heavy atom. The average molecular weight is 341 g/mol. The highest BCUT2D eigenvalue weighted by molar-refractivity contribution is 9.10. The van der Waals surface area contributed by atoms with Crippen LogP contribution in [0.1, 0.15) is 36.2 Å². The van der Waals surface area contributed by atoms with Crippen molar-refractivity contribution < 1.29 is 4.39 Å². The molecule has 1 N–H and O–H groups in total. The minimum absolute atomic E-state index is 0.0649. The first-order valence-electron chi connectivity index (χ1n) is 6.59. The van der Waals surface area contributed by atoms with E-state index in [-0.39, 0.29) is 11.9 Å². The summed E-state index contributed by atoms with van der Waals surface area (Å²) in [5, 5.41) is 11.5. The van der Waals surface area contributed by atoms with Gasteiger partial charge in [-0.15, -0.1) is 5.10 Å². The fourth-order valence-corrected chi connectivity index (χ4v) is 2.81. The van der Waals surface area contributed by atoms with Crippen molar-refractivity contribution in [1.29, 1.82) is 0 Å². The molecule has 0 spiro atoms. The lowest BCUT2D eigenvalue weighted by atomic mass is 9.98. The molecule has 0 radical (unpaired) electrons. The second-order valence-electron chi connectivity index (χ2n) is 4.78. The summed E-state index contributed by atoms with van der Waals surface area (Å²) >= 11 is 3.44. The van der Waals surface area contributed by atoms with Gasteiger partial charge < -0.3 is 5.32 Å². The Bertz CT molecular complexity index is 577. The molecule has 1 atom stereocenters. The maximum absolute atomic E-state index is 13.3. The molecule has 0 aliphatic heterocycles. The summed E-state index contributed by atoms with van der Waals surface area (Å²) in [6, 6.07) is 4.79.